The topological polar surface area (TPSA) is 48.8 Å². The summed E-state index contributed by atoms with van der Waals surface area (Å²) in [5, 5.41) is 3.40. The molecule has 0 radical (unpaired) electrons. The average Bonchev–Trinajstić information content (AvgIpc) is 1.83. The molecule has 0 aromatic rings. The highest BCUT2D eigenvalue weighted by Gasteiger charge is 1.81. The summed E-state index contributed by atoms with van der Waals surface area (Å²) in [7, 11) is 0. The zero-order valence-electron chi connectivity index (χ0n) is 5.13. The van der Waals surface area contributed by atoms with Crippen LogP contribution in [0.3, 0.4) is 0 Å². The lowest BCUT2D eigenvalue weighted by Crippen LogP contribution is -1.67. The van der Waals surface area contributed by atoms with E-state index in [1.165, 1.54) is 0 Å². The predicted molar refractivity (Wildman–Crippen MR) is 33.2 cm³/mol. The van der Waals surface area contributed by atoms with Gasteiger partial charge in [0, 0.05) is 10.6 Å². The van der Waals surface area contributed by atoms with Crippen LogP contribution in [0.2, 0.25) is 0 Å². The second-order valence-corrected chi connectivity index (χ2v) is 1.32. The number of hydrogen-bond acceptors (Lipinski definition) is 1. The van der Waals surface area contributed by atoms with Crippen molar-refractivity contribution >= 4 is 0 Å². The fourth-order valence-electron chi connectivity index (χ4n) is 0.390. The Balaban J connectivity index is 3.91. The minimum atomic E-state index is 0.799. The molecule has 0 spiro atoms. The summed E-state index contributed by atoms with van der Waals surface area (Å²) >= 11 is 0. The number of hydrogen-bond donors (Lipinski definition) is 0. The van der Waals surface area contributed by atoms with E-state index < -0.39 is 0 Å². The summed E-state index contributed by atoms with van der Waals surface area (Å²) in [6.07, 6.45) is 2.61. The van der Waals surface area contributed by atoms with Crippen LogP contribution >= 0.6 is 0 Å². The Labute approximate surface area is 48.6 Å². The van der Waals surface area contributed by atoms with E-state index in [1.54, 1.807) is 6.08 Å². The molecule has 0 fully saturated rings. The van der Waals surface area contributed by atoms with Crippen LogP contribution in [0.4, 0.5) is 0 Å². The van der Waals surface area contributed by atoms with Crippen LogP contribution in [-0.4, -0.2) is 0 Å². The first-order valence-electron chi connectivity index (χ1n) is 2.55. The van der Waals surface area contributed by atoms with E-state index >= 15 is 0 Å². The molecule has 3 heteroatoms. The highest BCUT2D eigenvalue weighted by Crippen LogP contribution is 2.00. The van der Waals surface area contributed by atoms with E-state index in [0.29, 0.717) is 0 Å². The number of nitrogens with zero attached hydrogens (tertiary/aromatic N) is 3. The van der Waals surface area contributed by atoms with Crippen LogP contribution in [0.1, 0.15) is 20.3 Å². The molecule has 44 valence electrons. The van der Waals surface area contributed by atoms with E-state index in [9.17, 15) is 0 Å². The lowest BCUT2D eigenvalue weighted by molar-refractivity contribution is 1.05. The summed E-state index contributed by atoms with van der Waals surface area (Å²) in [6.45, 7) is 3.80. The van der Waals surface area contributed by atoms with Crippen molar-refractivity contribution in [3.8, 4) is 0 Å². The Hall–Kier alpha value is -0.950. The highest BCUT2D eigenvalue weighted by molar-refractivity contribution is 4.96. The molecule has 0 aliphatic carbocycles. The molecule has 0 aliphatic rings. The standard InChI is InChI=1S/C5H9N3/c1-3-5(4-2)7-8-6/h3H,4H2,1-2H3. The first-order chi connectivity index (χ1) is 3.85. The SMILES string of the molecule is CC=C(CC)N=[N+]=[N-]. The van der Waals surface area contributed by atoms with Gasteiger partial charge in [0.2, 0.25) is 0 Å². The molecule has 0 unspecified atom stereocenters. The van der Waals surface area contributed by atoms with Gasteiger partial charge in [-0.15, -0.1) is 0 Å². The molecule has 0 bridgehead atoms. The van der Waals surface area contributed by atoms with Crippen molar-refractivity contribution in [2.75, 3.05) is 0 Å². The molecule has 0 aromatic carbocycles. The Morgan fingerprint density at radius 1 is 1.88 bits per heavy atom. The van der Waals surface area contributed by atoms with Crippen molar-refractivity contribution in [2.24, 2.45) is 5.11 Å². The quantitative estimate of drug-likeness (QED) is 0.299. The van der Waals surface area contributed by atoms with Crippen molar-refractivity contribution < 1.29 is 0 Å². The van der Waals surface area contributed by atoms with Crippen molar-refractivity contribution in [3.63, 3.8) is 0 Å². The van der Waals surface area contributed by atoms with Crippen LogP contribution in [0.5, 0.6) is 0 Å². The van der Waals surface area contributed by atoms with Gasteiger partial charge in [-0.2, -0.15) is 0 Å². The van der Waals surface area contributed by atoms with E-state index in [2.05, 4.69) is 10.0 Å². The smallest absolute Gasteiger partial charge is 0.0105 e. The van der Waals surface area contributed by atoms with E-state index in [4.69, 9.17) is 5.53 Å². The minimum absolute atomic E-state index is 0.799. The van der Waals surface area contributed by atoms with E-state index in [1.807, 2.05) is 13.8 Å². The minimum Gasteiger partial charge on any atom is -0.0822 e. The zero-order chi connectivity index (χ0) is 6.41. The number of allylic oxidation sites excluding steroid dienone is 2. The van der Waals surface area contributed by atoms with Crippen LogP contribution in [-0.2, 0) is 0 Å². The molecule has 0 heterocycles. The van der Waals surface area contributed by atoms with E-state index in [-0.39, 0.29) is 0 Å². The van der Waals surface area contributed by atoms with Gasteiger partial charge in [0.05, 0.1) is 0 Å². The number of azide groups is 1. The van der Waals surface area contributed by atoms with Crippen molar-refractivity contribution in [1.82, 2.24) is 0 Å². The predicted octanol–water partition coefficient (Wildman–Crippen LogP) is 2.61. The molecule has 8 heavy (non-hydrogen) atoms. The molecular weight excluding hydrogens is 102 g/mol. The van der Waals surface area contributed by atoms with E-state index in [0.717, 1.165) is 12.1 Å². The Bertz CT molecular complexity index is 131. The van der Waals surface area contributed by atoms with Gasteiger partial charge in [-0.05, 0) is 18.9 Å². The molecule has 0 atom stereocenters. The monoisotopic (exact) mass is 111 g/mol. The zero-order valence-corrected chi connectivity index (χ0v) is 5.13. The van der Waals surface area contributed by atoms with Gasteiger partial charge in [0.1, 0.15) is 0 Å². The third kappa shape index (κ3) is 2.26. The lowest BCUT2D eigenvalue weighted by atomic mass is 10.3. The highest BCUT2D eigenvalue weighted by atomic mass is 15.1. The maximum absolute atomic E-state index is 7.92. The summed E-state index contributed by atoms with van der Waals surface area (Å²) in [4.78, 5) is 2.63. The second-order valence-electron chi connectivity index (χ2n) is 1.32. The fraction of sp³-hybridized carbons (Fsp3) is 0.600. The summed E-state index contributed by atoms with van der Waals surface area (Å²) in [5.41, 5.74) is 8.72. The van der Waals surface area contributed by atoms with Crippen molar-refractivity contribution in [2.45, 2.75) is 20.3 Å². The first-order valence-corrected chi connectivity index (χ1v) is 2.55. The molecular formula is C5H9N3. The molecule has 0 aromatic heterocycles. The summed E-state index contributed by atoms with van der Waals surface area (Å²) in [5.74, 6) is 0. The first kappa shape index (κ1) is 7.05. The van der Waals surface area contributed by atoms with Gasteiger partial charge in [-0.1, -0.05) is 18.1 Å². The molecule has 0 aliphatic heterocycles. The maximum Gasteiger partial charge on any atom is 0.0105 e. The van der Waals surface area contributed by atoms with Crippen molar-refractivity contribution in [1.29, 1.82) is 0 Å². The van der Waals surface area contributed by atoms with Crippen molar-refractivity contribution in [3.05, 3.63) is 22.2 Å². The van der Waals surface area contributed by atoms with Crippen LogP contribution in [0.15, 0.2) is 16.9 Å². The maximum atomic E-state index is 7.92. The van der Waals surface area contributed by atoms with Gasteiger partial charge in [0.15, 0.2) is 0 Å². The fourth-order valence-corrected chi connectivity index (χ4v) is 0.390. The largest absolute Gasteiger partial charge is 0.0822 e. The van der Waals surface area contributed by atoms with Gasteiger partial charge in [-0.3, -0.25) is 0 Å². The van der Waals surface area contributed by atoms with Crippen LogP contribution in [0.25, 0.3) is 10.4 Å². The van der Waals surface area contributed by atoms with Gasteiger partial charge >= 0.3 is 0 Å². The molecule has 0 saturated heterocycles. The second kappa shape index (κ2) is 4.22. The molecule has 0 saturated carbocycles. The molecule has 0 amide bonds. The average molecular weight is 111 g/mol. The van der Waals surface area contributed by atoms with Gasteiger partial charge < -0.3 is 0 Å². The molecule has 0 rings (SSSR count). The van der Waals surface area contributed by atoms with Gasteiger partial charge in [-0.25, -0.2) is 0 Å². The van der Waals surface area contributed by atoms with Crippen LogP contribution in [0, 0.1) is 0 Å². The van der Waals surface area contributed by atoms with Crippen LogP contribution < -0.4 is 0 Å². The number of rotatable bonds is 2. The lowest BCUT2D eigenvalue weighted by Gasteiger charge is -1.86. The van der Waals surface area contributed by atoms with Gasteiger partial charge in [0.25, 0.3) is 0 Å². The Morgan fingerprint density at radius 3 is 2.62 bits per heavy atom. The normalized spacial score (nSPS) is 10.5. The summed E-state index contributed by atoms with van der Waals surface area (Å²) < 4.78 is 0. The Morgan fingerprint density at radius 2 is 2.50 bits per heavy atom. The summed E-state index contributed by atoms with van der Waals surface area (Å²) in [6, 6.07) is 0. The third-order valence-corrected chi connectivity index (χ3v) is 0.869. The third-order valence-electron chi connectivity index (χ3n) is 0.869. The molecule has 3 nitrogen and oxygen atoms in total. The molecule has 0 N–H and O–H groups in total. The Kier molecular flexibility index (Phi) is 3.71.